The van der Waals surface area contributed by atoms with Gasteiger partial charge in [-0.25, -0.2) is 17.8 Å². The van der Waals surface area contributed by atoms with Crippen LogP contribution >= 0.6 is 0 Å². The van der Waals surface area contributed by atoms with E-state index in [4.69, 9.17) is 0 Å². The Bertz CT molecular complexity index is 1510. The number of fused-ring (bicyclic) bond motifs is 1. The smallest absolute Gasteiger partial charge is 0.235 e. The Morgan fingerprint density at radius 3 is 2.35 bits per heavy atom. The predicted octanol–water partition coefficient (Wildman–Crippen LogP) is 4.21. The molecule has 0 spiro atoms. The van der Waals surface area contributed by atoms with E-state index in [9.17, 15) is 12.8 Å². The predicted molar refractivity (Wildman–Crippen MR) is 146 cm³/mol. The molecule has 3 heterocycles. The molecule has 0 bridgehead atoms. The van der Waals surface area contributed by atoms with Gasteiger partial charge < -0.3 is 19.7 Å². The van der Waals surface area contributed by atoms with Crippen molar-refractivity contribution in [3.05, 3.63) is 66.7 Å². The first kappa shape index (κ1) is 25.0. The second-order valence-corrected chi connectivity index (χ2v) is 11.7. The van der Waals surface area contributed by atoms with Gasteiger partial charge in [-0.05, 0) is 69.4 Å². The zero-order valence-electron chi connectivity index (χ0n) is 21.0. The monoisotopic (exact) mass is 523 g/mol. The summed E-state index contributed by atoms with van der Waals surface area (Å²) in [5.74, 6) is 0.0627. The fourth-order valence-electron chi connectivity index (χ4n) is 4.18. The normalized spacial score (nSPS) is 14.9. The van der Waals surface area contributed by atoms with E-state index in [2.05, 4.69) is 36.9 Å². The Hall–Kier alpha value is -3.70. The van der Waals surface area contributed by atoms with Crippen molar-refractivity contribution in [3.63, 3.8) is 0 Å². The number of aromatic nitrogens is 3. The Balaban J connectivity index is 1.35. The van der Waals surface area contributed by atoms with Crippen molar-refractivity contribution >= 4 is 44.1 Å². The Morgan fingerprint density at radius 2 is 1.68 bits per heavy atom. The molecule has 1 aliphatic heterocycles. The lowest BCUT2D eigenvalue weighted by Gasteiger charge is -2.34. The molecular weight excluding hydrogens is 493 g/mol. The van der Waals surface area contributed by atoms with Gasteiger partial charge in [0.05, 0.1) is 10.9 Å². The van der Waals surface area contributed by atoms with Crippen molar-refractivity contribution in [3.8, 4) is 5.69 Å². The molecule has 0 atom stereocenters. The van der Waals surface area contributed by atoms with Gasteiger partial charge in [0.15, 0.2) is 0 Å². The summed E-state index contributed by atoms with van der Waals surface area (Å²) in [4.78, 5) is 13.3. The molecule has 11 heteroatoms. The van der Waals surface area contributed by atoms with Crippen molar-refractivity contribution < 1.29 is 12.8 Å². The minimum atomic E-state index is -3.42. The topological polar surface area (TPSA) is 95.4 Å². The Kier molecular flexibility index (Phi) is 6.74. The number of rotatable bonds is 7. The van der Waals surface area contributed by atoms with Crippen molar-refractivity contribution in [2.75, 3.05) is 48.2 Å². The third-order valence-electron chi connectivity index (χ3n) is 6.50. The van der Waals surface area contributed by atoms with E-state index in [-0.39, 0.29) is 5.82 Å². The van der Waals surface area contributed by atoms with Crippen LogP contribution in [0.3, 0.4) is 0 Å². The minimum absolute atomic E-state index is 0.285. The number of hydrogen-bond donors (Lipinski definition) is 2. The summed E-state index contributed by atoms with van der Waals surface area (Å²) in [6, 6.07) is 14.1. The molecular formula is C26H30FN7O2S. The van der Waals surface area contributed by atoms with Gasteiger partial charge in [0.25, 0.3) is 0 Å². The quantitative estimate of drug-likeness (QED) is 0.375. The molecule has 1 aliphatic rings. The minimum Gasteiger partial charge on any atom is -0.367 e. The largest absolute Gasteiger partial charge is 0.367 e. The molecule has 0 unspecified atom stereocenters. The second-order valence-electron chi connectivity index (χ2n) is 9.48. The number of benzene rings is 2. The molecule has 2 aromatic carbocycles. The summed E-state index contributed by atoms with van der Waals surface area (Å²) in [6.45, 7) is 6.66. The maximum absolute atomic E-state index is 14.9. The van der Waals surface area contributed by atoms with Crippen LogP contribution in [0.4, 0.5) is 27.4 Å². The molecule has 37 heavy (non-hydrogen) atoms. The average molecular weight is 524 g/mol. The van der Waals surface area contributed by atoms with Crippen molar-refractivity contribution in [2.24, 2.45) is 0 Å². The number of likely N-dealkylation sites (N-methyl/N-ethyl adjacent to an activating group) is 1. The van der Waals surface area contributed by atoms with E-state index in [1.54, 1.807) is 38.2 Å². The summed E-state index contributed by atoms with van der Waals surface area (Å²) >= 11 is 0. The SMILES string of the molecule is CC(C)S(=O)(=O)Nc1ccc(-n2ccc3cnc(Nc4ccc(N5CCN(C)CC5)c(F)c4)nc32)cc1. The third-order valence-corrected chi connectivity index (χ3v) is 8.26. The highest BCUT2D eigenvalue weighted by molar-refractivity contribution is 7.93. The van der Waals surface area contributed by atoms with Crippen LogP contribution in [-0.2, 0) is 10.0 Å². The van der Waals surface area contributed by atoms with Crippen molar-refractivity contribution in [2.45, 2.75) is 19.1 Å². The van der Waals surface area contributed by atoms with Crippen LogP contribution in [0.2, 0.25) is 0 Å². The van der Waals surface area contributed by atoms with Crippen LogP contribution in [0.5, 0.6) is 0 Å². The standard InChI is InChI=1S/C26H30FN7O2S/c1-18(2)37(35,36)31-20-4-7-22(8-5-20)34-11-10-19-17-28-26(30-25(19)34)29-21-6-9-24(23(27)16-21)33-14-12-32(3)13-15-33/h4-11,16-18,31H,12-15H2,1-3H3,(H,28,29,30). The van der Waals surface area contributed by atoms with Crippen LogP contribution in [0.25, 0.3) is 16.7 Å². The molecule has 0 amide bonds. The fraction of sp³-hybridized carbons (Fsp3) is 0.308. The van der Waals surface area contributed by atoms with Gasteiger partial charge in [-0.1, -0.05) is 0 Å². The second kappa shape index (κ2) is 9.98. The molecule has 0 aliphatic carbocycles. The molecule has 1 saturated heterocycles. The van der Waals surface area contributed by atoms with Gasteiger partial charge in [0, 0.05) is 61.0 Å². The number of anilines is 4. The van der Waals surface area contributed by atoms with E-state index in [0.29, 0.717) is 28.7 Å². The van der Waals surface area contributed by atoms with E-state index < -0.39 is 15.3 Å². The van der Waals surface area contributed by atoms with Crippen LogP contribution < -0.4 is 14.9 Å². The van der Waals surface area contributed by atoms with Gasteiger partial charge in [-0.2, -0.15) is 4.98 Å². The average Bonchev–Trinajstić information content (AvgIpc) is 3.28. The van der Waals surface area contributed by atoms with Crippen molar-refractivity contribution in [1.29, 1.82) is 0 Å². The first-order chi connectivity index (χ1) is 17.7. The lowest BCUT2D eigenvalue weighted by atomic mass is 10.2. The molecule has 9 nitrogen and oxygen atoms in total. The van der Waals surface area contributed by atoms with E-state index in [1.165, 1.54) is 6.07 Å². The molecule has 2 N–H and O–H groups in total. The summed E-state index contributed by atoms with van der Waals surface area (Å²) < 4.78 is 43.7. The van der Waals surface area contributed by atoms with E-state index in [1.807, 2.05) is 35.0 Å². The van der Waals surface area contributed by atoms with E-state index in [0.717, 1.165) is 37.3 Å². The highest BCUT2D eigenvalue weighted by Crippen LogP contribution is 2.26. The highest BCUT2D eigenvalue weighted by atomic mass is 32.2. The van der Waals surface area contributed by atoms with Gasteiger partial charge in [0.2, 0.25) is 16.0 Å². The number of nitrogens with zero attached hydrogens (tertiary/aromatic N) is 5. The number of piperazine rings is 1. The first-order valence-corrected chi connectivity index (χ1v) is 13.7. The Morgan fingerprint density at radius 1 is 0.973 bits per heavy atom. The molecule has 1 fully saturated rings. The Labute approximate surface area is 216 Å². The number of hydrogen-bond acceptors (Lipinski definition) is 7. The lowest BCUT2D eigenvalue weighted by molar-refractivity contribution is 0.311. The molecule has 2 aromatic heterocycles. The number of halogens is 1. The maximum Gasteiger partial charge on any atom is 0.235 e. The summed E-state index contributed by atoms with van der Waals surface area (Å²) in [6.07, 6.45) is 3.59. The summed E-state index contributed by atoms with van der Waals surface area (Å²) in [5.41, 5.74) is 3.14. The fourth-order valence-corrected chi connectivity index (χ4v) is 4.88. The zero-order valence-corrected chi connectivity index (χ0v) is 21.8. The van der Waals surface area contributed by atoms with Gasteiger partial charge in [-0.15, -0.1) is 0 Å². The van der Waals surface area contributed by atoms with Gasteiger partial charge in [0.1, 0.15) is 11.5 Å². The van der Waals surface area contributed by atoms with Crippen LogP contribution in [-0.4, -0.2) is 66.3 Å². The van der Waals surface area contributed by atoms with E-state index >= 15 is 0 Å². The van der Waals surface area contributed by atoms with Crippen molar-refractivity contribution in [1.82, 2.24) is 19.4 Å². The number of sulfonamides is 1. The molecule has 0 saturated carbocycles. The van der Waals surface area contributed by atoms with Gasteiger partial charge in [-0.3, -0.25) is 4.72 Å². The maximum atomic E-state index is 14.9. The third kappa shape index (κ3) is 5.37. The molecule has 4 aromatic rings. The molecule has 0 radical (unpaired) electrons. The highest BCUT2D eigenvalue weighted by Gasteiger charge is 2.18. The summed E-state index contributed by atoms with van der Waals surface area (Å²) in [7, 11) is -1.35. The molecule has 194 valence electrons. The van der Waals surface area contributed by atoms with Crippen LogP contribution in [0, 0.1) is 5.82 Å². The van der Waals surface area contributed by atoms with Gasteiger partial charge >= 0.3 is 0 Å². The zero-order chi connectivity index (χ0) is 26.2. The first-order valence-electron chi connectivity index (χ1n) is 12.2. The van der Waals surface area contributed by atoms with Crippen LogP contribution in [0.1, 0.15) is 13.8 Å². The summed E-state index contributed by atoms with van der Waals surface area (Å²) in [5, 5.41) is 3.42. The lowest BCUT2D eigenvalue weighted by Crippen LogP contribution is -2.44. The number of nitrogens with one attached hydrogen (secondary N) is 2. The van der Waals surface area contributed by atoms with Crippen LogP contribution in [0.15, 0.2) is 60.9 Å². The molecule has 5 rings (SSSR count).